The molecule has 0 aromatic heterocycles. The number of fused-ring (bicyclic) bond motifs is 1. The summed E-state index contributed by atoms with van der Waals surface area (Å²) in [6, 6.07) is 21.9. The zero-order chi connectivity index (χ0) is 21.3. The lowest BCUT2D eigenvalue weighted by molar-refractivity contribution is 0.0733. The van der Waals surface area contributed by atoms with Crippen LogP contribution in [0.25, 0.3) is 0 Å². The molecule has 0 radical (unpaired) electrons. The predicted molar refractivity (Wildman–Crippen MR) is 119 cm³/mol. The van der Waals surface area contributed by atoms with Gasteiger partial charge in [-0.15, -0.1) is 0 Å². The van der Waals surface area contributed by atoms with E-state index in [0.717, 1.165) is 15.6 Å². The van der Waals surface area contributed by atoms with Gasteiger partial charge in [0.05, 0.1) is 11.5 Å². The molecule has 0 bridgehead atoms. The molecular formula is C23H14Br2N2O3. The van der Waals surface area contributed by atoms with E-state index in [9.17, 15) is 10.1 Å². The number of hydrogen-bond acceptors (Lipinski definition) is 5. The molecule has 3 aromatic carbocycles. The van der Waals surface area contributed by atoms with Gasteiger partial charge >= 0.3 is 5.97 Å². The fourth-order valence-electron chi connectivity index (χ4n) is 3.29. The Morgan fingerprint density at radius 3 is 2.50 bits per heavy atom. The summed E-state index contributed by atoms with van der Waals surface area (Å²) in [5.74, 6) is -0.0786. The van der Waals surface area contributed by atoms with Crippen molar-refractivity contribution in [2.75, 3.05) is 0 Å². The van der Waals surface area contributed by atoms with E-state index in [1.165, 1.54) is 0 Å². The second-order valence-corrected chi connectivity index (χ2v) is 8.32. The number of ether oxygens (including phenoxy) is 2. The van der Waals surface area contributed by atoms with Crippen LogP contribution in [-0.2, 0) is 0 Å². The molecule has 1 aliphatic rings. The van der Waals surface area contributed by atoms with Crippen LogP contribution in [0, 0.1) is 11.3 Å². The minimum absolute atomic E-state index is 0.0344. The Kier molecular flexibility index (Phi) is 5.62. The monoisotopic (exact) mass is 524 g/mol. The lowest BCUT2D eigenvalue weighted by Gasteiger charge is -2.26. The molecule has 148 valence electrons. The molecule has 0 saturated carbocycles. The molecule has 0 amide bonds. The number of halogens is 2. The van der Waals surface area contributed by atoms with Crippen LogP contribution in [0.4, 0.5) is 0 Å². The first-order valence-corrected chi connectivity index (χ1v) is 10.5. The Labute approximate surface area is 190 Å². The Hall–Kier alpha value is -3.08. The Morgan fingerprint density at radius 2 is 1.80 bits per heavy atom. The Balaban J connectivity index is 1.70. The molecule has 1 heterocycles. The SMILES string of the molecule is N#CC1=C(N)Oc2cc(OC(=O)c3ccccc3Br)ccc2C1c1ccc(Br)cc1. The van der Waals surface area contributed by atoms with Crippen molar-refractivity contribution in [2.24, 2.45) is 5.73 Å². The van der Waals surface area contributed by atoms with Crippen molar-refractivity contribution < 1.29 is 14.3 Å². The number of nitrogens with two attached hydrogens (primary N) is 1. The van der Waals surface area contributed by atoms with E-state index in [1.807, 2.05) is 30.3 Å². The Bertz CT molecular complexity index is 1210. The highest BCUT2D eigenvalue weighted by Gasteiger charge is 2.31. The van der Waals surface area contributed by atoms with E-state index in [0.29, 0.717) is 27.1 Å². The van der Waals surface area contributed by atoms with Gasteiger partial charge in [0.15, 0.2) is 0 Å². The van der Waals surface area contributed by atoms with Crippen LogP contribution in [0.2, 0.25) is 0 Å². The number of allylic oxidation sites excluding steroid dienone is 1. The van der Waals surface area contributed by atoms with E-state index >= 15 is 0 Å². The van der Waals surface area contributed by atoms with Crippen molar-refractivity contribution in [3.63, 3.8) is 0 Å². The number of nitrogens with zero attached hydrogens (tertiary/aromatic N) is 1. The van der Waals surface area contributed by atoms with E-state index in [2.05, 4.69) is 37.9 Å². The maximum absolute atomic E-state index is 12.5. The summed E-state index contributed by atoms with van der Waals surface area (Å²) in [4.78, 5) is 12.5. The number of hydrogen-bond donors (Lipinski definition) is 1. The highest BCUT2D eigenvalue weighted by atomic mass is 79.9. The van der Waals surface area contributed by atoms with Crippen molar-refractivity contribution in [1.29, 1.82) is 5.26 Å². The highest BCUT2D eigenvalue weighted by molar-refractivity contribution is 9.10. The fraction of sp³-hybridized carbons (Fsp3) is 0.0435. The zero-order valence-corrected chi connectivity index (χ0v) is 18.6. The first-order valence-electron chi connectivity index (χ1n) is 8.91. The molecule has 3 aromatic rings. The number of rotatable bonds is 3. The van der Waals surface area contributed by atoms with Crippen molar-refractivity contribution >= 4 is 37.8 Å². The third-order valence-electron chi connectivity index (χ3n) is 4.70. The molecule has 1 unspecified atom stereocenters. The average molecular weight is 526 g/mol. The fourth-order valence-corrected chi connectivity index (χ4v) is 4.00. The molecule has 4 rings (SSSR count). The van der Waals surface area contributed by atoms with Gasteiger partial charge in [-0.1, -0.05) is 46.3 Å². The van der Waals surface area contributed by atoms with Gasteiger partial charge in [-0.3, -0.25) is 0 Å². The van der Waals surface area contributed by atoms with Gasteiger partial charge in [-0.2, -0.15) is 5.26 Å². The van der Waals surface area contributed by atoms with Gasteiger partial charge in [-0.25, -0.2) is 4.79 Å². The molecule has 30 heavy (non-hydrogen) atoms. The van der Waals surface area contributed by atoms with Gasteiger partial charge in [-0.05, 0) is 51.8 Å². The summed E-state index contributed by atoms with van der Waals surface area (Å²) in [5.41, 5.74) is 8.45. The zero-order valence-electron chi connectivity index (χ0n) is 15.4. The largest absolute Gasteiger partial charge is 0.440 e. The van der Waals surface area contributed by atoms with Gasteiger partial charge in [0.2, 0.25) is 5.88 Å². The third kappa shape index (κ3) is 3.84. The van der Waals surface area contributed by atoms with Crippen LogP contribution in [0.5, 0.6) is 11.5 Å². The lowest BCUT2D eigenvalue weighted by atomic mass is 9.83. The standard InChI is InChI=1S/C23H14Br2N2O3/c24-14-7-5-13(6-8-14)21-17-10-9-15(11-20(17)30-22(27)18(21)12-26)29-23(28)16-3-1-2-4-19(16)25/h1-11,21H,27H2. The maximum atomic E-state index is 12.5. The number of carbonyl (C=O) groups is 1. The van der Waals surface area contributed by atoms with Gasteiger partial charge in [0.1, 0.15) is 23.1 Å². The van der Waals surface area contributed by atoms with Crippen LogP contribution in [0.3, 0.4) is 0 Å². The van der Waals surface area contributed by atoms with Crippen molar-refractivity contribution in [3.05, 3.63) is 104 Å². The summed E-state index contributed by atoms with van der Waals surface area (Å²) < 4.78 is 12.8. The summed E-state index contributed by atoms with van der Waals surface area (Å²) in [6.07, 6.45) is 0. The van der Waals surface area contributed by atoms with Gasteiger partial charge in [0, 0.05) is 20.6 Å². The molecule has 7 heteroatoms. The van der Waals surface area contributed by atoms with Crippen molar-refractivity contribution in [1.82, 2.24) is 0 Å². The molecule has 1 aliphatic heterocycles. The van der Waals surface area contributed by atoms with Crippen LogP contribution in [0.15, 0.2) is 87.1 Å². The summed E-state index contributed by atoms with van der Waals surface area (Å²) in [7, 11) is 0. The number of benzene rings is 3. The molecule has 2 N–H and O–H groups in total. The molecule has 0 spiro atoms. The second-order valence-electron chi connectivity index (χ2n) is 6.55. The molecule has 5 nitrogen and oxygen atoms in total. The summed E-state index contributed by atoms with van der Waals surface area (Å²) in [5, 5.41) is 9.65. The van der Waals surface area contributed by atoms with E-state index in [4.69, 9.17) is 15.2 Å². The van der Waals surface area contributed by atoms with Crippen molar-refractivity contribution in [2.45, 2.75) is 5.92 Å². The van der Waals surface area contributed by atoms with E-state index < -0.39 is 5.97 Å². The molecule has 0 aliphatic carbocycles. The van der Waals surface area contributed by atoms with E-state index in [-0.39, 0.29) is 11.8 Å². The maximum Gasteiger partial charge on any atom is 0.344 e. The number of esters is 1. The quantitative estimate of drug-likeness (QED) is 0.353. The van der Waals surface area contributed by atoms with Crippen LogP contribution >= 0.6 is 31.9 Å². The lowest BCUT2D eigenvalue weighted by Crippen LogP contribution is -2.21. The van der Waals surface area contributed by atoms with Crippen molar-refractivity contribution in [3.8, 4) is 17.6 Å². The number of carbonyl (C=O) groups excluding carboxylic acids is 1. The summed E-state index contributed by atoms with van der Waals surface area (Å²) >= 11 is 6.77. The first-order chi connectivity index (χ1) is 14.5. The van der Waals surface area contributed by atoms with Gasteiger partial charge in [0.25, 0.3) is 0 Å². The normalized spacial score (nSPS) is 15.0. The molecular weight excluding hydrogens is 512 g/mol. The van der Waals surface area contributed by atoms with Gasteiger partial charge < -0.3 is 15.2 Å². The smallest absolute Gasteiger partial charge is 0.344 e. The first kappa shape index (κ1) is 20.2. The van der Waals surface area contributed by atoms with Crippen LogP contribution in [-0.4, -0.2) is 5.97 Å². The molecule has 0 saturated heterocycles. The van der Waals surface area contributed by atoms with Crippen LogP contribution < -0.4 is 15.2 Å². The topological polar surface area (TPSA) is 85.3 Å². The third-order valence-corrected chi connectivity index (χ3v) is 5.92. The minimum atomic E-state index is -0.496. The Morgan fingerprint density at radius 1 is 1.07 bits per heavy atom. The molecule has 1 atom stereocenters. The van der Waals surface area contributed by atoms with E-state index in [1.54, 1.807) is 36.4 Å². The highest BCUT2D eigenvalue weighted by Crippen LogP contribution is 2.43. The predicted octanol–water partition coefficient (Wildman–Crippen LogP) is 5.65. The number of nitriles is 1. The molecule has 0 fully saturated rings. The second kappa shape index (κ2) is 8.34. The summed E-state index contributed by atoms with van der Waals surface area (Å²) in [6.45, 7) is 0. The minimum Gasteiger partial charge on any atom is -0.440 e. The van der Waals surface area contributed by atoms with Crippen LogP contribution in [0.1, 0.15) is 27.4 Å². The average Bonchev–Trinajstić information content (AvgIpc) is 2.73.